The quantitative estimate of drug-likeness (QED) is 0.373. The summed E-state index contributed by atoms with van der Waals surface area (Å²) in [4.78, 5) is 20.7. The minimum Gasteiger partial charge on any atom is -0.504 e. The first-order valence-corrected chi connectivity index (χ1v) is 4.57. The number of benzene rings is 1. The van der Waals surface area contributed by atoms with Crippen molar-refractivity contribution in [3.63, 3.8) is 0 Å². The second kappa shape index (κ2) is 8.00. The molecule has 1 rings (SSSR count). The average Bonchev–Trinajstić information content (AvgIpc) is 2.37. The van der Waals surface area contributed by atoms with Crippen molar-refractivity contribution in [3.05, 3.63) is 45.7 Å². The zero-order valence-electron chi connectivity index (χ0n) is 9.49. The van der Waals surface area contributed by atoms with E-state index in [2.05, 4.69) is 4.74 Å². The van der Waals surface area contributed by atoms with Gasteiger partial charge >= 0.3 is 0 Å². The van der Waals surface area contributed by atoms with Crippen LogP contribution in [0.2, 0.25) is 0 Å². The fourth-order valence-corrected chi connectivity index (χ4v) is 1.14. The van der Waals surface area contributed by atoms with Gasteiger partial charge in [-0.1, -0.05) is 12.1 Å². The molecular weight excluding hydrogens is 226 g/mol. The Balaban J connectivity index is 0.00000121. The Morgan fingerprint density at radius 1 is 1.41 bits per heavy atom. The Bertz CT molecular complexity index is 414. The summed E-state index contributed by atoms with van der Waals surface area (Å²) in [6.45, 7) is 0. The normalized spacial score (nSPS) is 9.35. The number of nitrogens with zero attached hydrogens (tertiary/aromatic N) is 1. The fourth-order valence-electron chi connectivity index (χ4n) is 1.14. The molecule has 1 aromatic carbocycles. The van der Waals surface area contributed by atoms with Crippen molar-refractivity contribution in [2.45, 2.75) is 0 Å². The Morgan fingerprint density at radius 3 is 2.53 bits per heavy atom. The van der Waals surface area contributed by atoms with E-state index < -0.39 is 4.92 Å². The fraction of sp³-hybridized carbons (Fsp3) is 0.182. The Kier molecular flexibility index (Phi) is 6.96. The molecule has 0 bridgehead atoms. The number of carbonyl (C=O) groups excluding carboxylic acids is 1. The molecule has 0 saturated carbocycles. The van der Waals surface area contributed by atoms with Crippen molar-refractivity contribution < 1.29 is 19.6 Å². The van der Waals surface area contributed by atoms with E-state index in [1.165, 1.54) is 31.6 Å². The molecule has 0 atom stereocenters. The van der Waals surface area contributed by atoms with Crippen LogP contribution in [0.3, 0.4) is 0 Å². The van der Waals surface area contributed by atoms with Gasteiger partial charge in [0, 0.05) is 13.2 Å². The summed E-state index contributed by atoms with van der Waals surface area (Å²) in [6, 6.07) is 4.40. The van der Waals surface area contributed by atoms with E-state index >= 15 is 0 Å². The Labute approximate surface area is 98.3 Å². The van der Waals surface area contributed by atoms with Gasteiger partial charge in [0.05, 0.1) is 23.9 Å². The molecule has 0 saturated heterocycles. The number of hydrogen-bond acceptors (Lipinski definition) is 5. The number of aliphatic hydroxyl groups is 1. The third-order valence-electron chi connectivity index (χ3n) is 1.82. The molecule has 6 heteroatoms. The molecule has 17 heavy (non-hydrogen) atoms. The van der Waals surface area contributed by atoms with Gasteiger partial charge in [-0.05, 0) is 11.6 Å². The molecule has 0 heterocycles. The smallest absolute Gasteiger partial charge is 0.280 e. The van der Waals surface area contributed by atoms with E-state index in [4.69, 9.17) is 5.11 Å². The maximum atomic E-state index is 10.7. The van der Waals surface area contributed by atoms with Crippen LogP contribution in [0.4, 0.5) is 5.69 Å². The number of carbonyl (C=O) groups is 1. The van der Waals surface area contributed by atoms with Gasteiger partial charge in [-0.2, -0.15) is 0 Å². The first-order valence-electron chi connectivity index (χ1n) is 4.57. The molecule has 1 N–H and O–H groups in total. The van der Waals surface area contributed by atoms with Gasteiger partial charge in [0.2, 0.25) is 0 Å². The van der Waals surface area contributed by atoms with Crippen LogP contribution in [0, 0.1) is 10.1 Å². The predicted octanol–water partition coefficient (Wildman–Crippen LogP) is 1.63. The molecule has 92 valence electrons. The number of methoxy groups -OCH3 is 1. The van der Waals surface area contributed by atoms with Crippen LogP contribution in [0.5, 0.6) is 0 Å². The number of aliphatic hydroxyl groups excluding tert-OH is 1. The van der Waals surface area contributed by atoms with Gasteiger partial charge < -0.3 is 9.84 Å². The summed E-state index contributed by atoms with van der Waals surface area (Å²) in [5.41, 5.74) is 0.306. The first kappa shape index (κ1) is 14.8. The molecule has 0 radical (unpaired) electrons. The van der Waals surface area contributed by atoms with Gasteiger partial charge in [0.25, 0.3) is 5.69 Å². The Morgan fingerprint density at radius 2 is 2.06 bits per heavy atom. The average molecular weight is 239 g/mol. The molecule has 0 amide bonds. The summed E-state index contributed by atoms with van der Waals surface area (Å²) < 4.78 is 4.68. The molecule has 6 nitrogen and oxygen atoms in total. The largest absolute Gasteiger partial charge is 0.504 e. The molecule has 0 aliphatic heterocycles. The van der Waals surface area contributed by atoms with Crippen LogP contribution in [-0.4, -0.2) is 30.5 Å². The summed E-state index contributed by atoms with van der Waals surface area (Å²) in [5, 5.41) is 17.6. The molecule has 0 spiro atoms. The van der Waals surface area contributed by atoms with Crippen molar-refractivity contribution >= 4 is 18.0 Å². The van der Waals surface area contributed by atoms with Crippen LogP contribution >= 0.6 is 0 Å². The van der Waals surface area contributed by atoms with Crippen LogP contribution in [0.25, 0.3) is 6.08 Å². The zero-order chi connectivity index (χ0) is 13.3. The number of hydrogen-bond donors (Lipinski definition) is 1. The predicted molar refractivity (Wildman–Crippen MR) is 62.7 cm³/mol. The van der Waals surface area contributed by atoms with Crippen LogP contribution in [0.1, 0.15) is 15.9 Å². The second-order valence-corrected chi connectivity index (χ2v) is 2.69. The summed E-state index contributed by atoms with van der Waals surface area (Å²) in [7, 11) is 2.45. The van der Waals surface area contributed by atoms with E-state index in [-0.39, 0.29) is 11.3 Å². The van der Waals surface area contributed by atoms with Gasteiger partial charge in [0.1, 0.15) is 0 Å². The SMILES string of the molecule is CO.CO/C=C/c1cccc([N+](=O)[O-])c1C=O. The lowest BCUT2D eigenvalue weighted by molar-refractivity contribution is -0.385. The second-order valence-electron chi connectivity index (χ2n) is 2.69. The van der Waals surface area contributed by atoms with Crippen LogP contribution in [0.15, 0.2) is 24.5 Å². The number of rotatable bonds is 4. The van der Waals surface area contributed by atoms with Crippen molar-refractivity contribution in [2.24, 2.45) is 0 Å². The van der Waals surface area contributed by atoms with Gasteiger partial charge in [-0.15, -0.1) is 0 Å². The molecular formula is C11H13NO5. The van der Waals surface area contributed by atoms with Crippen molar-refractivity contribution in [1.29, 1.82) is 0 Å². The maximum absolute atomic E-state index is 10.7. The number of nitro benzene ring substituents is 1. The van der Waals surface area contributed by atoms with E-state index in [0.717, 1.165) is 7.11 Å². The lowest BCUT2D eigenvalue weighted by Gasteiger charge is -1.99. The van der Waals surface area contributed by atoms with Crippen LogP contribution < -0.4 is 0 Å². The maximum Gasteiger partial charge on any atom is 0.280 e. The van der Waals surface area contributed by atoms with Crippen molar-refractivity contribution in [3.8, 4) is 0 Å². The summed E-state index contributed by atoms with van der Waals surface area (Å²) in [5.74, 6) is 0. The van der Waals surface area contributed by atoms with E-state index in [0.29, 0.717) is 11.8 Å². The third kappa shape index (κ3) is 4.04. The van der Waals surface area contributed by atoms with Gasteiger partial charge in [0.15, 0.2) is 6.29 Å². The molecule has 0 unspecified atom stereocenters. The van der Waals surface area contributed by atoms with Crippen LogP contribution in [-0.2, 0) is 4.74 Å². The number of aldehydes is 1. The Hall–Kier alpha value is -2.21. The monoisotopic (exact) mass is 239 g/mol. The van der Waals surface area contributed by atoms with E-state index in [9.17, 15) is 14.9 Å². The molecule has 0 fully saturated rings. The van der Waals surface area contributed by atoms with E-state index in [1.807, 2.05) is 0 Å². The molecule has 1 aromatic rings. The topological polar surface area (TPSA) is 89.7 Å². The standard InChI is InChI=1S/C10H9NO4.CH4O/c1-15-6-5-8-3-2-4-10(11(13)14)9(8)7-12;1-2/h2-7H,1H3;2H,1H3/b6-5+;. The summed E-state index contributed by atoms with van der Waals surface area (Å²) in [6.07, 6.45) is 3.32. The highest BCUT2D eigenvalue weighted by Crippen LogP contribution is 2.21. The highest BCUT2D eigenvalue weighted by molar-refractivity contribution is 5.87. The minimum atomic E-state index is -0.589. The van der Waals surface area contributed by atoms with Crippen molar-refractivity contribution in [2.75, 3.05) is 14.2 Å². The highest BCUT2D eigenvalue weighted by atomic mass is 16.6. The first-order chi connectivity index (χ1) is 8.20. The molecule has 0 aromatic heterocycles. The number of ether oxygens (including phenoxy) is 1. The molecule has 0 aliphatic rings. The zero-order valence-corrected chi connectivity index (χ0v) is 9.49. The van der Waals surface area contributed by atoms with Gasteiger partial charge in [-0.25, -0.2) is 0 Å². The number of nitro groups is 1. The highest BCUT2D eigenvalue weighted by Gasteiger charge is 2.14. The minimum absolute atomic E-state index is 0.0517. The summed E-state index contributed by atoms with van der Waals surface area (Å²) >= 11 is 0. The van der Waals surface area contributed by atoms with Gasteiger partial charge in [-0.3, -0.25) is 14.9 Å². The lowest BCUT2D eigenvalue weighted by Crippen LogP contribution is -1.96. The van der Waals surface area contributed by atoms with E-state index in [1.54, 1.807) is 6.07 Å². The molecule has 0 aliphatic carbocycles. The third-order valence-corrected chi connectivity index (χ3v) is 1.82. The van der Waals surface area contributed by atoms with Crippen molar-refractivity contribution in [1.82, 2.24) is 0 Å². The lowest BCUT2D eigenvalue weighted by atomic mass is 10.1.